The zero-order chi connectivity index (χ0) is 14.5. The summed E-state index contributed by atoms with van der Waals surface area (Å²) in [6.45, 7) is 11.5. The Bertz CT molecular complexity index is 416. The summed E-state index contributed by atoms with van der Waals surface area (Å²) < 4.78 is 7.90. The maximum Gasteiger partial charge on any atom is 0.0596 e. The van der Waals surface area contributed by atoms with Crippen LogP contribution in [0.2, 0.25) is 0 Å². The monoisotopic (exact) mass is 279 g/mol. The lowest BCUT2D eigenvalue weighted by Crippen LogP contribution is -2.39. The molecular formula is C16H29N3O. The standard InChI is InChI=1S/C16H29N3O/c1-5-7-17-16(14-9-13(4)20-11-14)10-15-8-12(3)18-19(15)6-2/h8,13-14,16-17H,5-7,9-11H2,1-4H3. The van der Waals surface area contributed by atoms with Crippen LogP contribution in [0.25, 0.3) is 0 Å². The van der Waals surface area contributed by atoms with Gasteiger partial charge in [-0.3, -0.25) is 4.68 Å². The smallest absolute Gasteiger partial charge is 0.0596 e. The van der Waals surface area contributed by atoms with Crippen LogP contribution in [0.3, 0.4) is 0 Å². The van der Waals surface area contributed by atoms with Crippen molar-refractivity contribution >= 4 is 0 Å². The van der Waals surface area contributed by atoms with Gasteiger partial charge in [0.15, 0.2) is 0 Å². The van der Waals surface area contributed by atoms with E-state index in [0.717, 1.165) is 31.8 Å². The molecule has 4 nitrogen and oxygen atoms in total. The number of aromatic nitrogens is 2. The van der Waals surface area contributed by atoms with Crippen LogP contribution in [0.1, 0.15) is 45.0 Å². The average molecular weight is 279 g/mol. The molecule has 114 valence electrons. The van der Waals surface area contributed by atoms with Gasteiger partial charge in [0, 0.05) is 30.6 Å². The predicted octanol–water partition coefficient (Wildman–Crippen LogP) is 2.55. The molecule has 1 aliphatic heterocycles. The van der Waals surface area contributed by atoms with Crippen LogP contribution in [0, 0.1) is 12.8 Å². The number of nitrogens with zero attached hydrogens (tertiary/aromatic N) is 2. The van der Waals surface area contributed by atoms with E-state index in [1.165, 1.54) is 18.5 Å². The van der Waals surface area contributed by atoms with Crippen molar-refractivity contribution in [3.63, 3.8) is 0 Å². The fourth-order valence-corrected chi connectivity index (χ4v) is 3.13. The van der Waals surface area contributed by atoms with E-state index in [0.29, 0.717) is 18.1 Å². The summed E-state index contributed by atoms with van der Waals surface area (Å²) in [5.41, 5.74) is 2.46. The van der Waals surface area contributed by atoms with Gasteiger partial charge in [0.05, 0.1) is 18.4 Å². The highest BCUT2D eigenvalue weighted by atomic mass is 16.5. The van der Waals surface area contributed by atoms with Crippen molar-refractivity contribution in [1.82, 2.24) is 15.1 Å². The number of rotatable bonds is 7. The molecule has 1 N–H and O–H groups in total. The van der Waals surface area contributed by atoms with E-state index in [2.05, 4.69) is 48.9 Å². The van der Waals surface area contributed by atoms with Crippen LogP contribution in [0.4, 0.5) is 0 Å². The number of nitrogens with one attached hydrogen (secondary N) is 1. The number of hydrogen-bond donors (Lipinski definition) is 1. The summed E-state index contributed by atoms with van der Waals surface area (Å²) in [5.74, 6) is 0.622. The second-order valence-electron chi connectivity index (χ2n) is 6.00. The van der Waals surface area contributed by atoms with Gasteiger partial charge in [-0.15, -0.1) is 0 Å². The molecule has 3 atom stereocenters. The number of aryl methyl sites for hydroxylation is 2. The van der Waals surface area contributed by atoms with Crippen molar-refractivity contribution in [3.8, 4) is 0 Å². The topological polar surface area (TPSA) is 39.1 Å². The Balaban J connectivity index is 2.06. The quantitative estimate of drug-likeness (QED) is 0.833. The minimum atomic E-state index is 0.406. The Labute approximate surface area is 122 Å². The molecule has 1 saturated heterocycles. The Kier molecular flexibility index (Phi) is 5.61. The van der Waals surface area contributed by atoms with Gasteiger partial charge in [-0.05, 0) is 46.2 Å². The van der Waals surface area contributed by atoms with Crippen LogP contribution >= 0.6 is 0 Å². The first-order valence-corrected chi connectivity index (χ1v) is 8.02. The lowest BCUT2D eigenvalue weighted by atomic mass is 9.93. The third-order valence-corrected chi connectivity index (χ3v) is 4.17. The molecule has 1 aliphatic rings. The van der Waals surface area contributed by atoms with Crippen molar-refractivity contribution < 1.29 is 4.74 Å². The van der Waals surface area contributed by atoms with E-state index in [-0.39, 0.29) is 0 Å². The third-order valence-electron chi connectivity index (χ3n) is 4.17. The van der Waals surface area contributed by atoms with Gasteiger partial charge in [0.25, 0.3) is 0 Å². The molecule has 2 rings (SSSR count). The van der Waals surface area contributed by atoms with Crippen molar-refractivity contribution in [2.24, 2.45) is 5.92 Å². The summed E-state index contributed by atoms with van der Waals surface area (Å²) in [5, 5.41) is 8.28. The van der Waals surface area contributed by atoms with Gasteiger partial charge in [-0.2, -0.15) is 5.10 Å². The second-order valence-corrected chi connectivity index (χ2v) is 6.00. The van der Waals surface area contributed by atoms with Crippen LogP contribution in [-0.4, -0.2) is 35.1 Å². The van der Waals surface area contributed by atoms with Crippen molar-refractivity contribution in [2.45, 2.75) is 65.6 Å². The van der Waals surface area contributed by atoms with E-state index in [1.54, 1.807) is 0 Å². The average Bonchev–Trinajstić information content (AvgIpc) is 3.00. The molecule has 1 aromatic rings. The summed E-state index contributed by atoms with van der Waals surface area (Å²) in [7, 11) is 0. The summed E-state index contributed by atoms with van der Waals surface area (Å²) >= 11 is 0. The minimum absolute atomic E-state index is 0.406. The number of hydrogen-bond acceptors (Lipinski definition) is 3. The van der Waals surface area contributed by atoms with E-state index >= 15 is 0 Å². The maximum atomic E-state index is 5.76. The minimum Gasteiger partial charge on any atom is -0.378 e. The molecule has 0 aromatic carbocycles. The molecule has 1 fully saturated rings. The van der Waals surface area contributed by atoms with Crippen LogP contribution in [-0.2, 0) is 17.7 Å². The van der Waals surface area contributed by atoms with Gasteiger partial charge >= 0.3 is 0 Å². The van der Waals surface area contributed by atoms with Crippen LogP contribution in [0.5, 0.6) is 0 Å². The normalized spacial score (nSPS) is 24.2. The molecule has 0 radical (unpaired) electrons. The Morgan fingerprint density at radius 3 is 2.90 bits per heavy atom. The highest BCUT2D eigenvalue weighted by Crippen LogP contribution is 2.24. The molecule has 0 bridgehead atoms. The predicted molar refractivity (Wildman–Crippen MR) is 81.9 cm³/mol. The molecule has 4 heteroatoms. The molecule has 20 heavy (non-hydrogen) atoms. The fourth-order valence-electron chi connectivity index (χ4n) is 3.13. The summed E-state index contributed by atoms with van der Waals surface area (Å²) in [6.07, 6.45) is 3.80. The third kappa shape index (κ3) is 3.83. The first-order chi connectivity index (χ1) is 9.63. The van der Waals surface area contributed by atoms with Gasteiger partial charge in [0.2, 0.25) is 0 Å². The highest BCUT2D eigenvalue weighted by molar-refractivity contribution is 5.11. The van der Waals surface area contributed by atoms with Crippen molar-refractivity contribution in [3.05, 3.63) is 17.5 Å². The van der Waals surface area contributed by atoms with Gasteiger partial charge in [-0.25, -0.2) is 0 Å². The molecular weight excluding hydrogens is 250 g/mol. The highest BCUT2D eigenvalue weighted by Gasteiger charge is 2.30. The Morgan fingerprint density at radius 1 is 1.50 bits per heavy atom. The van der Waals surface area contributed by atoms with E-state index in [9.17, 15) is 0 Å². The maximum absolute atomic E-state index is 5.76. The SMILES string of the molecule is CCCNC(Cc1cc(C)nn1CC)C1COC(C)C1. The summed E-state index contributed by atoms with van der Waals surface area (Å²) in [6, 6.07) is 2.73. The van der Waals surface area contributed by atoms with Gasteiger partial charge in [0.1, 0.15) is 0 Å². The van der Waals surface area contributed by atoms with Crippen LogP contribution < -0.4 is 5.32 Å². The largest absolute Gasteiger partial charge is 0.378 e. The molecule has 2 heterocycles. The second kappa shape index (κ2) is 7.23. The first kappa shape index (κ1) is 15.5. The van der Waals surface area contributed by atoms with E-state index < -0.39 is 0 Å². The van der Waals surface area contributed by atoms with Crippen molar-refractivity contribution in [2.75, 3.05) is 13.2 Å². The van der Waals surface area contributed by atoms with Crippen molar-refractivity contribution in [1.29, 1.82) is 0 Å². The van der Waals surface area contributed by atoms with E-state index in [1.807, 2.05) is 0 Å². The Morgan fingerprint density at radius 2 is 2.30 bits per heavy atom. The molecule has 0 aliphatic carbocycles. The zero-order valence-electron chi connectivity index (χ0n) is 13.4. The fraction of sp³-hybridized carbons (Fsp3) is 0.812. The molecule has 0 amide bonds. The molecule has 1 aromatic heterocycles. The molecule has 3 unspecified atom stereocenters. The zero-order valence-corrected chi connectivity index (χ0v) is 13.4. The van der Waals surface area contributed by atoms with E-state index in [4.69, 9.17) is 4.74 Å². The van der Waals surface area contributed by atoms with Crippen LogP contribution in [0.15, 0.2) is 6.07 Å². The van der Waals surface area contributed by atoms with Gasteiger partial charge < -0.3 is 10.1 Å². The number of ether oxygens (including phenoxy) is 1. The molecule has 0 spiro atoms. The lowest BCUT2D eigenvalue weighted by molar-refractivity contribution is 0.116. The first-order valence-electron chi connectivity index (χ1n) is 8.02. The Hall–Kier alpha value is -0.870. The molecule has 0 saturated carbocycles. The lowest BCUT2D eigenvalue weighted by Gasteiger charge is -2.24. The summed E-state index contributed by atoms with van der Waals surface area (Å²) in [4.78, 5) is 0. The van der Waals surface area contributed by atoms with Gasteiger partial charge in [-0.1, -0.05) is 6.92 Å².